The van der Waals surface area contributed by atoms with Crippen LogP contribution < -0.4 is 14.4 Å². The first-order chi connectivity index (χ1) is 12.5. The minimum atomic E-state index is -3.72. The van der Waals surface area contributed by atoms with E-state index in [0.29, 0.717) is 23.4 Å². The Morgan fingerprint density at radius 1 is 1.19 bits per heavy atom. The van der Waals surface area contributed by atoms with E-state index in [0.717, 1.165) is 24.3 Å². The normalized spacial score (nSPS) is 15.1. The van der Waals surface area contributed by atoms with Gasteiger partial charge in [-0.25, -0.2) is 13.1 Å². The van der Waals surface area contributed by atoms with E-state index in [1.165, 1.54) is 13.2 Å². The second-order valence-electron chi connectivity index (χ2n) is 5.85. The zero-order valence-electron chi connectivity index (χ0n) is 14.4. The molecule has 0 spiro atoms. The van der Waals surface area contributed by atoms with Crippen molar-refractivity contribution in [3.63, 3.8) is 0 Å². The molecular weight excluding hydrogens is 420 g/mol. The predicted molar refractivity (Wildman–Crippen MR) is 104 cm³/mol. The third kappa shape index (κ3) is 4.37. The van der Waals surface area contributed by atoms with Crippen molar-refractivity contribution < 1.29 is 17.9 Å². The molecule has 1 aliphatic rings. The Balaban J connectivity index is 1.82. The van der Waals surface area contributed by atoms with E-state index < -0.39 is 10.0 Å². The number of hydrogen-bond acceptors (Lipinski definition) is 5. The Hall–Kier alpha value is -1.61. The molecule has 0 atom stereocenters. The summed E-state index contributed by atoms with van der Waals surface area (Å²) in [5.41, 5.74) is 1.95. The van der Waals surface area contributed by atoms with Crippen molar-refractivity contribution in [3.8, 4) is 5.75 Å². The monoisotopic (exact) mass is 440 g/mol. The van der Waals surface area contributed by atoms with Gasteiger partial charge in [-0.15, -0.1) is 0 Å². The maximum atomic E-state index is 12.8. The molecule has 1 N–H and O–H groups in total. The quantitative estimate of drug-likeness (QED) is 0.747. The second-order valence-corrected chi connectivity index (χ2v) is 8.50. The number of hydrogen-bond donors (Lipinski definition) is 1. The Kier molecular flexibility index (Phi) is 6.18. The lowest BCUT2D eigenvalue weighted by atomic mass is 10.1. The molecule has 0 unspecified atom stereocenters. The minimum Gasteiger partial charge on any atom is -0.495 e. The van der Waals surface area contributed by atoms with Crippen molar-refractivity contribution in [3.05, 3.63) is 52.5 Å². The summed E-state index contributed by atoms with van der Waals surface area (Å²) < 4.78 is 39.5. The highest BCUT2D eigenvalue weighted by atomic mass is 79.9. The molecule has 6 nitrogen and oxygen atoms in total. The third-order valence-corrected chi connectivity index (χ3v) is 6.13. The molecule has 0 saturated carbocycles. The zero-order chi connectivity index (χ0) is 18.6. The van der Waals surface area contributed by atoms with E-state index in [4.69, 9.17) is 9.47 Å². The zero-order valence-corrected chi connectivity index (χ0v) is 16.8. The molecule has 140 valence electrons. The summed E-state index contributed by atoms with van der Waals surface area (Å²) in [6.45, 7) is 3.14. The van der Waals surface area contributed by atoms with E-state index in [9.17, 15) is 8.42 Å². The highest BCUT2D eigenvalue weighted by molar-refractivity contribution is 9.10. The van der Waals surface area contributed by atoms with Crippen LogP contribution in [0.4, 0.5) is 5.69 Å². The van der Waals surface area contributed by atoms with Gasteiger partial charge < -0.3 is 14.4 Å². The molecule has 26 heavy (non-hydrogen) atoms. The fraction of sp³-hybridized carbons (Fsp3) is 0.333. The van der Waals surface area contributed by atoms with Crippen molar-refractivity contribution in [2.24, 2.45) is 0 Å². The molecular formula is C18H21BrN2O4S. The van der Waals surface area contributed by atoms with Crippen LogP contribution in [0.1, 0.15) is 5.56 Å². The fourth-order valence-electron chi connectivity index (χ4n) is 2.88. The fourth-order valence-corrected chi connectivity index (χ4v) is 4.60. The first-order valence-electron chi connectivity index (χ1n) is 8.25. The maximum Gasteiger partial charge on any atom is 0.244 e. The van der Waals surface area contributed by atoms with Crippen molar-refractivity contribution in [2.75, 3.05) is 38.3 Å². The van der Waals surface area contributed by atoms with Gasteiger partial charge in [-0.05, 0) is 29.8 Å². The van der Waals surface area contributed by atoms with Crippen LogP contribution >= 0.6 is 15.9 Å². The Morgan fingerprint density at radius 3 is 2.65 bits per heavy atom. The Labute approximate surface area is 162 Å². The highest BCUT2D eigenvalue weighted by Crippen LogP contribution is 2.28. The molecule has 8 heteroatoms. The number of nitrogens with one attached hydrogen (secondary N) is 1. The summed E-state index contributed by atoms with van der Waals surface area (Å²) in [7, 11) is -2.27. The van der Waals surface area contributed by atoms with Crippen LogP contribution in [0.3, 0.4) is 0 Å². The maximum absolute atomic E-state index is 12.8. The number of benzene rings is 2. The number of para-hydroxylation sites is 1. The molecule has 0 aliphatic carbocycles. The number of methoxy groups -OCH3 is 1. The lowest BCUT2D eigenvalue weighted by Crippen LogP contribution is -2.37. The van der Waals surface area contributed by atoms with Crippen LogP contribution in [-0.2, 0) is 21.3 Å². The predicted octanol–water partition coefficient (Wildman–Crippen LogP) is 2.77. The molecule has 1 fully saturated rings. The summed E-state index contributed by atoms with van der Waals surface area (Å²) in [6, 6.07) is 12.7. The largest absolute Gasteiger partial charge is 0.495 e. The van der Waals surface area contributed by atoms with Gasteiger partial charge in [-0.1, -0.05) is 34.1 Å². The van der Waals surface area contributed by atoms with Crippen LogP contribution in [0, 0.1) is 0 Å². The number of nitrogens with zero attached hydrogens (tertiary/aromatic N) is 1. The van der Waals surface area contributed by atoms with Gasteiger partial charge in [-0.2, -0.15) is 0 Å². The van der Waals surface area contributed by atoms with Crippen molar-refractivity contribution in [1.82, 2.24) is 4.72 Å². The molecule has 0 bridgehead atoms. The molecule has 1 saturated heterocycles. The molecule has 0 aromatic heterocycles. The van der Waals surface area contributed by atoms with Crippen LogP contribution in [0.2, 0.25) is 0 Å². The summed E-state index contributed by atoms with van der Waals surface area (Å²) in [5, 5.41) is 0. The number of sulfonamides is 1. The van der Waals surface area contributed by atoms with Gasteiger partial charge in [0.25, 0.3) is 0 Å². The van der Waals surface area contributed by atoms with E-state index in [1.807, 2.05) is 24.3 Å². The highest BCUT2D eigenvalue weighted by Gasteiger charge is 2.21. The lowest BCUT2D eigenvalue weighted by molar-refractivity contribution is 0.122. The Bertz CT molecular complexity index is 867. The van der Waals surface area contributed by atoms with Gasteiger partial charge in [0.05, 0.1) is 20.3 Å². The second kappa shape index (κ2) is 8.39. The van der Waals surface area contributed by atoms with Crippen molar-refractivity contribution >= 4 is 31.6 Å². The molecule has 1 aliphatic heterocycles. The van der Waals surface area contributed by atoms with Crippen LogP contribution in [0.15, 0.2) is 51.8 Å². The van der Waals surface area contributed by atoms with Gasteiger partial charge in [0, 0.05) is 29.8 Å². The first kappa shape index (κ1) is 19.2. The van der Waals surface area contributed by atoms with E-state index in [2.05, 4.69) is 25.6 Å². The van der Waals surface area contributed by atoms with E-state index >= 15 is 0 Å². The number of ether oxygens (including phenoxy) is 2. The molecule has 0 amide bonds. The number of rotatable bonds is 6. The molecule has 3 rings (SSSR count). The summed E-state index contributed by atoms with van der Waals surface area (Å²) in [4.78, 5) is 2.32. The smallest absolute Gasteiger partial charge is 0.244 e. The van der Waals surface area contributed by atoms with Gasteiger partial charge in [-0.3, -0.25) is 0 Å². The average molecular weight is 441 g/mol. The molecule has 2 aromatic carbocycles. The summed E-state index contributed by atoms with van der Waals surface area (Å²) >= 11 is 3.31. The number of halogens is 1. The van der Waals surface area contributed by atoms with Crippen molar-refractivity contribution in [1.29, 1.82) is 0 Å². The minimum absolute atomic E-state index is 0.109. The van der Waals surface area contributed by atoms with Gasteiger partial charge in [0.2, 0.25) is 10.0 Å². The molecule has 0 radical (unpaired) electrons. The SMILES string of the molecule is COc1ccc(Br)cc1S(=O)(=O)NCc1ccccc1N1CCOCC1. The Morgan fingerprint density at radius 2 is 1.92 bits per heavy atom. The van der Waals surface area contributed by atoms with E-state index in [-0.39, 0.29) is 11.4 Å². The van der Waals surface area contributed by atoms with Crippen molar-refractivity contribution in [2.45, 2.75) is 11.4 Å². The van der Waals surface area contributed by atoms with Gasteiger partial charge >= 0.3 is 0 Å². The number of morpholine rings is 1. The topological polar surface area (TPSA) is 67.9 Å². The molecule has 1 heterocycles. The lowest BCUT2D eigenvalue weighted by Gasteiger charge is -2.30. The van der Waals surface area contributed by atoms with Gasteiger partial charge in [0.1, 0.15) is 10.6 Å². The third-order valence-electron chi connectivity index (χ3n) is 4.21. The van der Waals surface area contributed by atoms with Crippen LogP contribution in [-0.4, -0.2) is 41.8 Å². The first-order valence-corrected chi connectivity index (χ1v) is 10.5. The van der Waals surface area contributed by atoms with E-state index in [1.54, 1.807) is 12.1 Å². The number of anilines is 1. The molecule has 2 aromatic rings. The van der Waals surface area contributed by atoms with Crippen LogP contribution in [0.5, 0.6) is 5.75 Å². The van der Waals surface area contributed by atoms with Gasteiger partial charge in [0.15, 0.2) is 0 Å². The summed E-state index contributed by atoms with van der Waals surface area (Å²) in [5.74, 6) is 0.308. The standard InChI is InChI=1S/C18H21BrN2O4S/c1-24-17-7-6-15(19)12-18(17)26(22,23)20-13-14-4-2-3-5-16(14)21-8-10-25-11-9-21/h2-7,12,20H,8-11,13H2,1H3. The summed E-state index contributed by atoms with van der Waals surface area (Å²) in [6.07, 6.45) is 0. The van der Waals surface area contributed by atoms with Crippen LogP contribution in [0.25, 0.3) is 0 Å². The average Bonchev–Trinajstić information content (AvgIpc) is 2.67.